The molecular formula is C6H10IN2OP. The van der Waals surface area contributed by atoms with Crippen molar-refractivity contribution in [3.8, 4) is 0 Å². The van der Waals surface area contributed by atoms with E-state index in [4.69, 9.17) is 0 Å². The molecule has 2 aliphatic heterocycles. The minimum Gasteiger partial charge on any atom is -0.328 e. The summed E-state index contributed by atoms with van der Waals surface area (Å²) in [6, 6.07) is 1.09. The highest BCUT2D eigenvalue weighted by Crippen LogP contribution is 2.33. The second-order valence-electron chi connectivity index (χ2n) is 3.15. The molecule has 0 aromatic rings. The molecule has 3 unspecified atom stereocenters. The maximum Gasteiger partial charge on any atom is 0.283 e. The van der Waals surface area contributed by atoms with Crippen molar-refractivity contribution in [1.29, 1.82) is 0 Å². The topological polar surface area (TPSA) is 23.6 Å². The Kier molecular flexibility index (Phi) is 2.10. The normalized spacial score (nSPS) is 36.7. The maximum atomic E-state index is 11.0. The summed E-state index contributed by atoms with van der Waals surface area (Å²) in [6.07, 6.45) is 1.16. The minimum atomic E-state index is 0.202. The van der Waals surface area contributed by atoms with Gasteiger partial charge in [-0.2, -0.15) is 0 Å². The van der Waals surface area contributed by atoms with Crippen LogP contribution in [0.25, 0.3) is 0 Å². The first-order chi connectivity index (χ1) is 5.18. The lowest BCUT2D eigenvalue weighted by molar-refractivity contribution is 0.198. The van der Waals surface area contributed by atoms with Gasteiger partial charge in [-0.15, -0.1) is 0 Å². The fourth-order valence-electron chi connectivity index (χ4n) is 1.91. The van der Waals surface area contributed by atoms with Crippen molar-refractivity contribution in [2.24, 2.45) is 0 Å². The van der Waals surface area contributed by atoms with Crippen LogP contribution in [0.1, 0.15) is 6.42 Å². The highest BCUT2D eigenvalue weighted by atomic mass is 127. The Bertz CT molecular complexity index is 199. The van der Waals surface area contributed by atoms with Gasteiger partial charge in [-0.1, -0.05) is 9.39 Å². The second-order valence-corrected chi connectivity index (χ2v) is 4.73. The lowest BCUT2D eigenvalue weighted by atomic mass is 10.2. The lowest BCUT2D eigenvalue weighted by Crippen LogP contribution is -2.43. The Hall–Kier alpha value is 0.590. The highest BCUT2D eigenvalue weighted by Gasteiger charge is 2.42. The van der Waals surface area contributed by atoms with E-state index >= 15 is 0 Å². The number of rotatable bonds is 0. The van der Waals surface area contributed by atoms with Crippen molar-refractivity contribution in [3.63, 3.8) is 0 Å². The number of carbonyl (C=O) groups is 1. The summed E-state index contributed by atoms with van der Waals surface area (Å²) in [5.74, 6) is 0. The molecule has 11 heavy (non-hydrogen) atoms. The third-order valence-corrected chi connectivity index (χ3v) is 3.76. The molecule has 3 nitrogen and oxygen atoms in total. The Balaban J connectivity index is 2.08. The van der Waals surface area contributed by atoms with Gasteiger partial charge in [0.25, 0.3) is 3.91 Å². The monoisotopic (exact) mass is 284 g/mol. The van der Waals surface area contributed by atoms with Crippen LogP contribution in [0.4, 0.5) is 4.79 Å². The molecule has 0 N–H and O–H groups in total. The zero-order valence-corrected chi connectivity index (χ0v) is 9.35. The van der Waals surface area contributed by atoms with Crippen molar-refractivity contribution in [1.82, 2.24) is 9.57 Å². The number of amides is 1. The summed E-state index contributed by atoms with van der Waals surface area (Å²) in [5.41, 5.74) is 0. The molecule has 2 saturated heterocycles. The molecule has 0 spiro atoms. The average Bonchev–Trinajstić information content (AvgIpc) is 2.43. The zero-order chi connectivity index (χ0) is 8.01. The van der Waals surface area contributed by atoms with E-state index < -0.39 is 0 Å². The minimum absolute atomic E-state index is 0.202. The molecule has 0 saturated carbocycles. The van der Waals surface area contributed by atoms with Crippen LogP contribution in [0.5, 0.6) is 0 Å². The number of hydrogen-bond donors (Lipinski definition) is 0. The summed E-state index contributed by atoms with van der Waals surface area (Å²) >= 11 is 1.87. The van der Waals surface area contributed by atoms with E-state index in [1.165, 1.54) is 0 Å². The first-order valence-corrected chi connectivity index (χ1v) is 5.25. The Morgan fingerprint density at radius 1 is 1.45 bits per heavy atom. The number of hydrogen-bond acceptors (Lipinski definition) is 2. The second kappa shape index (κ2) is 2.82. The number of piperazine rings is 1. The molecule has 3 atom stereocenters. The van der Waals surface area contributed by atoms with Crippen LogP contribution in [0, 0.1) is 0 Å². The smallest absolute Gasteiger partial charge is 0.283 e. The third-order valence-electron chi connectivity index (χ3n) is 2.51. The summed E-state index contributed by atoms with van der Waals surface area (Å²) in [6.45, 7) is 1.96. The van der Waals surface area contributed by atoms with Gasteiger partial charge in [-0.25, -0.2) is 0 Å². The van der Waals surface area contributed by atoms with Crippen LogP contribution >= 0.6 is 32.0 Å². The van der Waals surface area contributed by atoms with Crippen LogP contribution < -0.4 is 0 Å². The fraction of sp³-hybridized carbons (Fsp3) is 0.833. The van der Waals surface area contributed by atoms with Crippen LogP contribution in [0.3, 0.4) is 0 Å². The Morgan fingerprint density at radius 3 is 2.55 bits per heavy atom. The molecule has 2 bridgehead atoms. The molecular weight excluding hydrogens is 274 g/mol. The van der Waals surface area contributed by atoms with Crippen molar-refractivity contribution in [2.75, 3.05) is 13.1 Å². The molecule has 5 heteroatoms. The van der Waals surface area contributed by atoms with Gasteiger partial charge in [0.1, 0.15) is 0 Å². The van der Waals surface area contributed by atoms with Gasteiger partial charge in [0.15, 0.2) is 0 Å². The van der Waals surface area contributed by atoms with E-state index in [1.807, 2.05) is 27.5 Å². The van der Waals surface area contributed by atoms with E-state index in [-0.39, 0.29) is 3.91 Å². The first kappa shape index (κ1) is 8.20. The van der Waals surface area contributed by atoms with Crippen LogP contribution in [-0.2, 0) is 0 Å². The molecule has 0 aliphatic carbocycles. The van der Waals surface area contributed by atoms with Crippen molar-refractivity contribution < 1.29 is 4.79 Å². The third kappa shape index (κ3) is 1.29. The summed E-state index contributed by atoms with van der Waals surface area (Å²) in [5, 5.41) is 0. The van der Waals surface area contributed by atoms with Gasteiger partial charge in [0.05, 0.1) is 0 Å². The fourth-order valence-corrected chi connectivity index (χ4v) is 2.96. The van der Waals surface area contributed by atoms with Gasteiger partial charge in [-0.3, -0.25) is 9.46 Å². The van der Waals surface area contributed by atoms with E-state index in [2.05, 4.69) is 14.1 Å². The van der Waals surface area contributed by atoms with E-state index in [0.29, 0.717) is 12.1 Å². The number of likely N-dealkylation sites (tertiary alicyclic amines) is 1. The number of fused-ring (bicyclic) bond motifs is 2. The van der Waals surface area contributed by atoms with Gasteiger partial charge >= 0.3 is 0 Å². The van der Waals surface area contributed by atoms with Crippen molar-refractivity contribution >= 4 is 35.9 Å². The van der Waals surface area contributed by atoms with E-state index in [0.717, 1.165) is 19.5 Å². The van der Waals surface area contributed by atoms with E-state index in [1.54, 1.807) is 0 Å². The standard InChI is InChI=1S/C6H10IN2OP/c7-6(10)8-2-5-1-4(8)3-9(5)11/h4-5H,1-3,11H2. The lowest BCUT2D eigenvalue weighted by Gasteiger charge is -2.30. The Morgan fingerprint density at radius 2 is 2.18 bits per heavy atom. The van der Waals surface area contributed by atoms with Crippen molar-refractivity contribution in [2.45, 2.75) is 18.5 Å². The predicted molar refractivity (Wildman–Crippen MR) is 54.7 cm³/mol. The van der Waals surface area contributed by atoms with Crippen LogP contribution in [0.15, 0.2) is 0 Å². The predicted octanol–water partition coefficient (Wildman–Crippen LogP) is 1.09. The zero-order valence-electron chi connectivity index (χ0n) is 6.03. The molecule has 1 amide bonds. The largest absolute Gasteiger partial charge is 0.328 e. The quantitative estimate of drug-likeness (QED) is 0.288. The number of nitrogens with zero attached hydrogens (tertiary/aromatic N) is 2. The summed E-state index contributed by atoms with van der Waals surface area (Å²) in [7, 11) is 2.73. The molecule has 2 rings (SSSR count). The summed E-state index contributed by atoms with van der Waals surface area (Å²) < 4.78 is 2.47. The van der Waals surface area contributed by atoms with Gasteiger partial charge in [-0.05, 0) is 6.42 Å². The molecule has 0 aromatic heterocycles. The van der Waals surface area contributed by atoms with E-state index in [9.17, 15) is 4.79 Å². The molecule has 62 valence electrons. The number of carbonyl (C=O) groups excluding carboxylic acids is 1. The summed E-state index contributed by atoms with van der Waals surface area (Å²) in [4.78, 5) is 13.0. The van der Waals surface area contributed by atoms with Gasteiger partial charge < -0.3 is 4.90 Å². The molecule has 0 aromatic carbocycles. The number of halogens is 1. The molecule has 2 heterocycles. The molecule has 2 aliphatic rings. The van der Waals surface area contributed by atoms with Crippen LogP contribution in [0.2, 0.25) is 0 Å². The Labute approximate surface area is 81.9 Å². The van der Waals surface area contributed by atoms with Gasteiger partial charge in [0, 0.05) is 47.8 Å². The van der Waals surface area contributed by atoms with Gasteiger partial charge in [0.2, 0.25) is 0 Å². The average molecular weight is 284 g/mol. The molecule has 0 radical (unpaired) electrons. The maximum absolute atomic E-state index is 11.0. The van der Waals surface area contributed by atoms with Crippen molar-refractivity contribution in [3.05, 3.63) is 0 Å². The molecule has 2 fully saturated rings. The first-order valence-electron chi connectivity index (χ1n) is 3.66. The highest BCUT2D eigenvalue weighted by molar-refractivity contribution is 14.1. The van der Waals surface area contributed by atoms with Crippen LogP contribution in [-0.4, -0.2) is 38.7 Å². The SMILES string of the molecule is O=C(I)N1CC2CC1CN2P.